The zero-order valence-corrected chi connectivity index (χ0v) is 38.8. The molecule has 0 saturated carbocycles. The van der Waals surface area contributed by atoms with Crippen LogP contribution in [0.1, 0.15) is 94.3 Å². The molecule has 67 heavy (non-hydrogen) atoms. The van der Waals surface area contributed by atoms with Crippen LogP contribution in [0.5, 0.6) is 11.5 Å². The molecule has 0 radical (unpaired) electrons. The highest BCUT2D eigenvalue weighted by atomic mass is 16.5. The summed E-state index contributed by atoms with van der Waals surface area (Å²) in [6.45, 7) is 8.71. The van der Waals surface area contributed by atoms with Gasteiger partial charge in [0.1, 0.15) is 35.2 Å². The molecular formula is C50H57N9O8. The van der Waals surface area contributed by atoms with Gasteiger partial charge in [0.25, 0.3) is 0 Å². The summed E-state index contributed by atoms with van der Waals surface area (Å²) < 4.78 is 22.2. The molecule has 0 spiro atoms. The van der Waals surface area contributed by atoms with E-state index in [1.165, 1.54) is 14.2 Å². The standard InChI is InChI=1S/C50H57N9O8/c1-26(2)41(56-49(62)65-6)47(60)58-20-8-10-37(58)45-51-24-35(54-45)29-15-19-34-33(22-29)40-43(53-34)32-18-14-30(23-39(32)67-44(40)28-12-16-31(64-5)17-13-28)36-25-52-46(55-36)38-11-9-21-59(38)48(61)42(27(3)4)57-50(63)66-7/h12-19,22-27,37-38,41-42,44,53H,8-11,20-21H2,1-7H3,(H,51,54)(H,52,55)(H,56,62)(H,57,63)/t37-,38-,41-,42-,44?/m0/s1. The molecule has 6 heterocycles. The smallest absolute Gasteiger partial charge is 0.407 e. The first kappa shape index (κ1) is 44.9. The van der Waals surface area contributed by atoms with E-state index in [1.54, 1.807) is 18.2 Å². The van der Waals surface area contributed by atoms with Crippen LogP contribution >= 0.6 is 0 Å². The molecular weight excluding hydrogens is 855 g/mol. The lowest BCUT2D eigenvalue weighted by Crippen LogP contribution is -2.51. The van der Waals surface area contributed by atoms with E-state index in [2.05, 4.69) is 49.9 Å². The van der Waals surface area contributed by atoms with Gasteiger partial charge in [0.2, 0.25) is 11.8 Å². The number of likely N-dealkylation sites (tertiary alicyclic amines) is 2. The van der Waals surface area contributed by atoms with Gasteiger partial charge in [0, 0.05) is 46.2 Å². The fourth-order valence-electron chi connectivity index (χ4n) is 9.75. The Morgan fingerprint density at radius 3 is 1.76 bits per heavy atom. The number of amides is 4. The normalized spacial score (nSPS) is 18.6. The third-order valence-electron chi connectivity index (χ3n) is 13.3. The van der Waals surface area contributed by atoms with E-state index in [1.807, 2.05) is 75.2 Å². The summed E-state index contributed by atoms with van der Waals surface area (Å²) >= 11 is 0. The molecule has 3 aliphatic rings. The molecule has 1 unspecified atom stereocenters. The molecule has 5 N–H and O–H groups in total. The van der Waals surface area contributed by atoms with Crippen LogP contribution < -0.4 is 20.1 Å². The van der Waals surface area contributed by atoms with Gasteiger partial charge in [-0.3, -0.25) is 9.59 Å². The van der Waals surface area contributed by atoms with Gasteiger partial charge in [-0.05, 0) is 79.5 Å². The first-order valence-corrected chi connectivity index (χ1v) is 22.9. The third kappa shape index (κ3) is 8.53. The van der Waals surface area contributed by atoms with Gasteiger partial charge in [-0.1, -0.05) is 52.0 Å². The lowest BCUT2D eigenvalue weighted by Gasteiger charge is -2.30. The van der Waals surface area contributed by atoms with E-state index in [-0.39, 0.29) is 35.7 Å². The van der Waals surface area contributed by atoms with Crippen LogP contribution in [0.4, 0.5) is 9.59 Å². The lowest BCUT2D eigenvalue weighted by molar-refractivity contribution is -0.136. The van der Waals surface area contributed by atoms with Crippen LogP contribution in [-0.2, 0) is 19.1 Å². The highest BCUT2D eigenvalue weighted by molar-refractivity contribution is 5.96. The molecule has 3 aromatic carbocycles. The number of hydrogen-bond donors (Lipinski definition) is 5. The molecule has 0 bridgehead atoms. The minimum Gasteiger partial charge on any atom is -0.497 e. The first-order chi connectivity index (χ1) is 32.4. The Bertz CT molecular complexity index is 2810. The molecule has 3 aromatic heterocycles. The quantitative estimate of drug-likeness (QED) is 0.0795. The highest BCUT2D eigenvalue weighted by Gasteiger charge is 2.40. The van der Waals surface area contributed by atoms with Crippen LogP contribution in [0, 0.1) is 11.8 Å². The fourth-order valence-corrected chi connectivity index (χ4v) is 9.75. The van der Waals surface area contributed by atoms with Crippen molar-refractivity contribution in [3.05, 3.63) is 95.8 Å². The van der Waals surface area contributed by atoms with E-state index < -0.39 is 30.4 Å². The number of hydrogen-bond acceptors (Lipinski definition) is 10. The number of nitrogens with one attached hydrogen (secondary N) is 5. The van der Waals surface area contributed by atoms with Crippen LogP contribution in [0.3, 0.4) is 0 Å². The molecule has 17 heteroatoms. The van der Waals surface area contributed by atoms with Crippen molar-refractivity contribution in [2.45, 2.75) is 83.6 Å². The topological polar surface area (TPSA) is 209 Å². The van der Waals surface area contributed by atoms with Crippen LogP contribution in [-0.4, -0.2) is 105 Å². The Hall–Kier alpha value is -7.30. The molecule has 3 aliphatic heterocycles. The van der Waals surface area contributed by atoms with Crippen LogP contribution in [0.2, 0.25) is 0 Å². The third-order valence-corrected chi connectivity index (χ3v) is 13.3. The molecule has 5 atom stereocenters. The van der Waals surface area contributed by atoms with Crippen molar-refractivity contribution in [3.8, 4) is 45.3 Å². The lowest BCUT2D eigenvalue weighted by atomic mass is 9.91. The summed E-state index contributed by atoms with van der Waals surface area (Å²) in [7, 11) is 4.22. The minimum absolute atomic E-state index is 0.139. The van der Waals surface area contributed by atoms with Gasteiger partial charge >= 0.3 is 12.2 Å². The van der Waals surface area contributed by atoms with Crippen LogP contribution in [0.15, 0.2) is 73.1 Å². The Balaban J connectivity index is 1.02. The van der Waals surface area contributed by atoms with E-state index in [0.29, 0.717) is 30.5 Å². The van der Waals surface area contributed by atoms with Gasteiger partial charge < -0.3 is 54.3 Å². The molecule has 17 nitrogen and oxygen atoms in total. The molecule has 6 aromatic rings. The van der Waals surface area contributed by atoms with Gasteiger partial charge in [-0.25, -0.2) is 19.6 Å². The number of rotatable bonds is 12. The van der Waals surface area contributed by atoms with Crippen molar-refractivity contribution < 1.29 is 38.1 Å². The molecule has 2 saturated heterocycles. The average molecular weight is 912 g/mol. The Morgan fingerprint density at radius 2 is 1.24 bits per heavy atom. The number of aromatic amines is 3. The van der Waals surface area contributed by atoms with Crippen molar-refractivity contribution in [3.63, 3.8) is 0 Å². The number of methoxy groups -OCH3 is 3. The number of nitrogens with zero attached hydrogens (tertiary/aromatic N) is 4. The maximum atomic E-state index is 13.8. The van der Waals surface area contributed by atoms with Crippen LogP contribution in [0.25, 0.3) is 44.7 Å². The second-order valence-electron chi connectivity index (χ2n) is 18.1. The summed E-state index contributed by atoms with van der Waals surface area (Å²) in [6, 6.07) is 18.3. The zero-order valence-electron chi connectivity index (χ0n) is 38.8. The second kappa shape index (κ2) is 18.5. The number of alkyl carbamates (subject to hydrolysis) is 2. The van der Waals surface area contributed by atoms with Gasteiger partial charge in [0.15, 0.2) is 6.10 Å². The Labute approximate surface area is 388 Å². The number of H-pyrrole nitrogens is 3. The molecule has 4 amide bonds. The molecule has 2 fully saturated rings. The van der Waals surface area contributed by atoms with E-state index >= 15 is 0 Å². The van der Waals surface area contributed by atoms with E-state index in [0.717, 1.165) is 87.2 Å². The van der Waals surface area contributed by atoms with Crippen molar-refractivity contribution in [1.29, 1.82) is 0 Å². The highest BCUT2D eigenvalue weighted by Crippen LogP contribution is 2.49. The monoisotopic (exact) mass is 911 g/mol. The van der Waals surface area contributed by atoms with Gasteiger partial charge in [-0.2, -0.15) is 0 Å². The Morgan fingerprint density at radius 1 is 0.701 bits per heavy atom. The first-order valence-electron chi connectivity index (χ1n) is 22.9. The number of benzene rings is 3. The van der Waals surface area contributed by atoms with Gasteiger partial charge in [0.05, 0.1) is 62.9 Å². The zero-order chi connectivity index (χ0) is 47.1. The Kier molecular flexibility index (Phi) is 12.4. The molecule has 9 rings (SSSR count). The second-order valence-corrected chi connectivity index (χ2v) is 18.1. The maximum Gasteiger partial charge on any atom is 0.407 e. The number of carbonyl (C=O) groups excluding carboxylic acids is 4. The minimum atomic E-state index is -0.729. The van der Waals surface area contributed by atoms with Crippen molar-refractivity contribution in [2.75, 3.05) is 34.4 Å². The number of fused-ring (bicyclic) bond motifs is 5. The summed E-state index contributed by atoms with van der Waals surface area (Å²) in [5.74, 6) is 2.18. The number of ether oxygens (including phenoxy) is 4. The van der Waals surface area contributed by atoms with Crippen molar-refractivity contribution in [1.82, 2.24) is 45.4 Å². The predicted octanol–water partition coefficient (Wildman–Crippen LogP) is 8.19. The summed E-state index contributed by atoms with van der Waals surface area (Å²) in [5, 5.41) is 6.42. The van der Waals surface area contributed by atoms with Crippen molar-refractivity contribution in [2.24, 2.45) is 11.8 Å². The van der Waals surface area contributed by atoms with E-state index in [9.17, 15) is 19.2 Å². The summed E-state index contributed by atoms with van der Waals surface area (Å²) in [4.78, 5) is 75.8. The average Bonchev–Trinajstić information content (AvgIpc) is 4.20. The largest absolute Gasteiger partial charge is 0.497 e. The number of aromatic nitrogens is 5. The summed E-state index contributed by atoms with van der Waals surface area (Å²) in [5.41, 5.74) is 8.09. The van der Waals surface area contributed by atoms with E-state index in [4.69, 9.17) is 28.9 Å². The van der Waals surface area contributed by atoms with Gasteiger partial charge in [-0.15, -0.1) is 0 Å². The summed E-state index contributed by atoms with van der Waals surface area (Å²) in [6.07, 6.45) is 4.94. The molecule has 350 valence electrons. The SMILES string of the molecule is COC(=O)N[C@H](C(=O)N1CCC[C@H]1c1ncc(-c2ccc3c(c2)OC(c2ccc(OC)cc2)c2c-3[nH]c3ccc(-c4cnc([C@@H]5CCCN5C(=O)[C@@H](NC(=O)OC)C(C)C)[nH]4)cc23)[nH]1)C(C)C. The number of imidazole rings is 2. The maximum absolute atomic E-state index is 13.8. The van der Waals surface area contributed by atoms with Crippen molar-refractivity contribution >= 4 is 34.9 Å². The number of carbonyl (C=O) groups is 4. The fraction of sp³-hybridized carbons (Fsp3) is 0.400. The molecule has 0 aliphatic carbocycles. The predicted molar refractivity (Wildman–Crippen MR) is 250 cm³/mol.